The molecule has 1 aromatic carbocycles. The maximum Gasteiger partial charge on any atom is 0.488 e. The molecule has 0 aliphatic rings. The third-order valence-electron chi connectivity index (χ3n) is 3.02. The van der Waals surface area contributed by atoms with E-state index in [1.807, 2.05) is 0 Å². The van der Waals surface area contributed by atoms with Crippen LogP contribution in [0.1, 0.15) is 5.56 Å². The quantitative estimate of drug-likeness (QED) is 0.747. The van der Waals surface area contributed by atoms with Crippen molar-refractivity contribution in [3.63, 3.8) is 0 Å². The van der Waals surface area contributed by atoms with E-state index in [1.165, 1.54) is 6.07 Å². The Labute approximate surface area is 117 Å². The molecule has 0 aliphatic heterocycles. The van der Waals surface area contributed by atoms with Crippen LogP contribution in [0.3, 0.4) is 0 Å². The summed E-state index contributed by atoms with van der Waals surface area (Å²) in [6.07, 6.45) is 1.71. The van der Waals surface area contributed by atoms with Crippen LogP contribution in [-0.4, -0.2) is 28.3 Å². The lowest BCUT2D eigenvalue weighted by Crippen LogP contribution is -2.31. The van der Waals surface area contributed by atoms with Crippen molar-refractivity contribution in [2.24, 2.45) is 0 Å². The van der Waals surface area contributed by atoms with Gasteiger partial charge in [-0.05, 0) is 36.1 Å². The van der Waals surface area contributed by atoms with Crippen LogP contribution >= 0.6 is 0 Å². The van der Waals surface area contributed by atoms with Gasteiger partial charge in [-0.1, -0.05) is 12.1 Å². The molecule has 1 aromatic heterocycles. The van der Waals surface area contributed by atoms with Crippen molar-refractivity contribution < 1.29 is 14.8 Å². The highest BCUT2D eigenvalue weighted by atomic mass is 16.5. The van der Waals surface area contributed by atoms with Crippen LogP contribution in [0.15, 0.2) is 47.4 Å². The monoisotopic (exact) mass is 273 g/mol. The maximum absolute atomic E-state index is 11.5. The molecule has 0 bridgehead atoms. The second-order valence-corrected chi connectivity index (χ2v) is 4.47. The first-order valence-electron chi connectivity index (χ1n) is 6.33. The molecule has 0 amide bonds. The van der Waals surface area contributed by atoms with Crippen molar-refractivity contribution in [1.82, 2.24) is 4.57 Å². The molecule has 0 aliphatic carbocycles. The van der Waals surface area contributed by atoms with Gasteiger partial charge >= 0.3 is 7.12 Å². The van der Waals surface area contributed by atoms with Gasteiger partial charge in [0.05, 0.1) is 6.54 Å². The highest BCUT2D eigenvalue weighted by Gasteiger charge is 2.13. The third-order valence-corrected chi connectivity index (χ3v) is 3.02. The number of pyridine rings is 1. The van der Waals surface area contributed by atoms with Gasteiger partial charge in [0.15, 0.2) is 0 Å². The Morgan fingerprint density at radius 3 is 2.70 bits per heavy atom. The van der Waals surface area contributed by atoms with Gasteiger partial charge in [-0.3, -0.25) is 4.79 Å². The summed E-state index contributed by atoms with van der Waals surface area (Å²) < 4.78 is 7.13. The minimum Gasteiger partial charge on any atom is -0.492 e. The molecule has 0 saturated carbocycles. The fourth-order valence-electron chi connectivity index (χ4n) is 1.93. The van der Waals surface area contributed by atoms with Crippen molar-refractivity contribution in [3.8, 4) is 5.75 Å². The van der Waals surface area contributed by atoms with Crippen LogP contribution in [0.5, 0.6) is 5.75 Å². The van der Waals surface area contributed by atoms with Gasteiger partial charge in [0.25, 0.3) is 5.56 Å². The van der Waals surface area contributed by atoms with Crippen LogP contribution in [0.25, 0.3) is 0 Å². The molecule has 2 N–H and O–H groups in total. The molecule has 2 rings (SSSR count). The van der Waals surface area contributed by atoms with Crippen molar-refractivity contribution in [2.45, 2.75) is 13.5 Å². The zero-order valence-corrected chi connectivity index (χ0v) is 11.2. The molecule has 2 aromatic rings. The predicted molar refractivity (Wildman–Crippen MR) is 77.2 cm³/mol. The van der Waals surface area contributed by atoms with Gasteiger partial charge in [-0.2, -0.15) is 0 Å². The molecule has 0 spiro atoms. The first-order chi connectivity index (χ1) is 9.58. The number of benzene rings is 1. The second kappa shape index (κ2) is 6.41. The summed E-state index contributed by atoms with van der Waals surface area (Å²) in [6.45, 7) is 2.61. The summed E-state index contributed by atoms with van der Waals surface area (Å²) >= 11 is 0. The summed E-state index contributed by atoms with van der Waals surface area (Å²) in [6, 6.07) is 10.0. The van der Waals surface area contributed by atoms with E-state index in [9.17, 15) is 4.79 Å². The van der Waals surface area contributed by atoms with E-state index in [0.29, 0.717) is 24.4 Å². The molecule has 0 unspecified atom stereocenters. The van der Waals surface area contributed by atoms with Gasteiger partial charge < -0.3 is 19.4 Å². The fourth-order valence-corrected chi connectivity index (χ4v) is 1.93. The summed E-state index contributed by atoms with van der Waals surface area (Å²) in [4.78, 5) is 11.5. The number of hydrogen-bond acceptors (Lipinski definition) is 4. The molecule has 0 fully saturated rings. The van der Waals surface area contributed by atoms with Crippen molar-refractivity contribution in [1.29, 1.82) is 0 Å². The standard InChI is InChI=1S/C14H16BNO4/c1-11-10-12(5-6-13(11)15(18)19)20-9-8-16-7-3-2-4-14(16)17/h2-7,10,18-19H,8-9H2,1H3. The predicted octanol–water partition coefficient (Wildman–Crippen LogP) is -0.0845. The number of ether oxygens (including phenoxy) is 1. The molecule has 0 atom stereocenters. The van der Waals surface area contributed by atoms with E-state index in [0.717, 1.165) is 5.56 Å². The fraction of sp³-hybridized carbons (Fsp3) is 0.214. The first kappa shape index (κ1) is 14.4. The Morgan fingerprint density at radius 2 is 2.05 bits per heavy atom. The smallest absolute Gasteiger partial charge is 0.488 e. The molecule has 104 valence electrons. The van der Waals surface area contributed by atoms with E-state index in [1.54, 1.807) is 48.0 Å². The van der Waals surface area contributed by atoms with Crippen molar-refractivity contribution >= 4 is 12.6 Å². The number of rotatable bonds is 5. The summed E-state index contributed by atoms with van der Waals surface area (Å²) in [5.41, 5.74) is 1.14. The number of aromatic nitrogens is 1. The Morgan fingerprint density at radius 1 is 1.25 bits per heavy atom. The number of hydrogen-bond donors (Lipinski definition) is 2. The van der Waals surface area contributed by atoms with Gasteiger partial charge in [0, 0.05) is 12.3 Å². The topological polar surface area (TPSA) is 71.7 Å². The molecule has 0 radical (unpaired) electrons. The van der Waals surface area contributed by atoms with Crippen LogP contribution in [0, 0.1) is 6.92 Å². The SMILES string of the molecule is Cc1cc(OCCn2ccccc2=O)ccc1B(O)O. The molecule has 6 heteroatoms. The first-order valence-corrected chi connectivity index (χ1v) is 6.33. The minimum atomic E-state index is -1.48. The highest BCUT2D eigenvalue weighted by molar-refractivity contribution is 6.59. The number of aryl methyl sites for hydroxylation is 1. The minimum absolute atomic E-state index is 0.0639. The van der Waals surface area contributed by atoms with Gasteiger partial charge in [-0.15, -0.1) is 0 Å². The molecule has 1 heterocycles. The Hall–Kier alpha value is -2.05. The molecular formula is C14H16BNO4. The van der Waals surface area contributed by atoms with Crippen molar-refractivity contribution in [3.05, 3.63) is 58.5 Å². The second-order valence-electron chi connectivity index (χ2n) is 4.47. The van der Waals surface area contributed by atoms with E-state index < -0.39 is 7.12 Å². The van der Waals surface area contributed by atoms with Gasteiger partial charge in [0.2, 0.25) is 0 Å². The Kier molecular flexibility index (Phi) is 4.60. The third kappa shape index (κ3) is 3.49. The molecule has 0 saturated heterocycles. The summed E-state index contributed by atoms with van der Waals surface area (Å²) in [5, 5.41) is 18.3. The maximum atomic E-state index is 11.5. The van der Waals surface area contributed by atoms with Crippen LogP contribution in [-0.2, 0) is 6.54 Å². The molecule has 5 nitrogen and oxygen atoms in total. The van der Waals surface area contributed by atoms with E-state index in [2.05, 4.69) is 0 Å². The lowest BCUT2D eigenvalue weighted by Gasteiger charge is -2.10. The summed E-state index contributed by atoms with van der Waals surface area (Å²) in [5.74, 6) is 0.635. The normalized spacial score (nSPS) is 10.3. The number of nitrogens with zero attached hydrogens (tertiary/aromatic N) is 1. The Balaban J connectivity index is 1.97. The van der Waals surface area contributed by atoms with Gasteiger partial charge in [-0.25, -0.2) is 0 Å². The zero-order valence-electron chi connectivity index (χ0n) is 11.2. The average molecular weight is 273 g/mol. The van der Waals surface area contributed by atoms with Crippen molar-refractivity contribution in [2.75, 3.05) is 6.61 Å². The zero-order chi connectivity index (χ0) is 14.5. The lowest BCUT2D eigenvalue weighted by atomic mass is 9.77. The Bertz CT molecular complexity index is 639. The largest absolute Gasteiger partial charge is 0.492 e. The van der Waals surface area contributed by atoms with Gasteiger partial charge in [0.1, 0.15) is 12.4 Å². The summed E-state index contributed by atoms with van der Waals surface area (Å²) in [7, 11) is -1.48. The molecule has 20 heavy (non-hydrogen) atoms. The lowest BCUT2D eigenvalue weighted by molar-refractivity contribution is 0.296. The highest BCUT2D eigenvalue weighted by Crippen LogP contribution is 2.11. The van der Waals surface area contributed by atoms with E-state index >= 15 is 0 Å². The molecular weight excluding hydrogens is 257 g/mol. The average Bonchev–Trinajstić information content (AvgIpc) is 2.40. The van der Waals surface area contributed by atoms with E-state index in [-0.39, 0.29) is 5.56 Å². The van der Waals surface area contributed by atoms with Crippen LogP contribution in [0.2, 0.25) is 0 Å². The van der Waals surface area contributed by atoms with E-state index in [4.69, 9.17) is 14.8 Å². The van der Waals surface area contributed by atoms with Crippen LogP contribution < -0.4 is 15.8 Å². The van der Waals surface area contributed by atoms with Crippen LogP contribution in [0.4, 0.5) is 0 Å².